The number of carbonyl (C=O) groups excluding carboxylic acids is 1. The number of carbonyl (C=O) groups is 1. The molecule has 4 rings (SSSR count). The smallest absolute Gasteiger partial charge is 0.220 e. The molecule has 1 aromatic carbocycles. The highest BCUT2D eigenvalue weighted by molar-refractivity contribution is 5.74. The van der Waals surface area contributed by atoms with E-state index in [1.54, 1.807) is 6.92 Å². The van der Waals surface area contributed by atoms with Crippen LogP contribution in [-0.2, 0) is 24.4 Å². The number of anilines is 1. The third-order valence-corrected chi connectivity index (χ3v) is 4.36. The Hall–Kier alpha value is -2.82. The van der Waals surface area contributed by atoms with Crippen molar-refractivity contribution in [1.29, 1.82) is 0 Å². The van der Waals surface area contributed by atoms with Crippen LogP contribution in [0.4, 0.5) is 5.69 Å². The lowest BCUT2D eigenvalue weighted by molar-refractivity contribution is -0.129. The van der Waals surface area contributed by atoms with Crippen molar-refractivity contribution in [2.75, 3.05) is 5.32 Å². The summed E-state index contributed by atoms with van der Waals surface area (Å²) in [5.41, 5.74) is 5.67. The summed E-state index contributed by atoms with van der Waals surface area (Å²) in [6.07, 6.45) is 5.76. The molecule has 1 aliphatic rings. The van der Waals surface area contributed by atoms with Crippen LogP contribution in [0.3, 0.4) is 0 Å². The maximum atomic E-state index is 11.5. The molecule has 2 aromatic heterocycles. The van der Waals surface area contributed by atoms with Gasteiger partial charge in [-0.2, -0.15) is 0 Å². The quantitative estimate of drug-likeness (QED) is 0.809. The van der Waals surface area contributed by atoms with E-state index < -0.39 is 0 Å². The Balaban J connectivity index is 1.52. The topological polar surface area (TPSA) is 49.6 Å². The molecule has 0 radical (unpaired) electrons. The molecule has 0 spiro atoms. The van der Waals surface area contributed by atoms with Crippen molar-refractivity contribution in [3.8, 4) is 0 Å². The molecule has 0 saturated carbocycles. The molecule has 0 aliphatic carbocycles. The first-order valence-electron chi connectivity index (χ1n) is 7.72. The predicted octanol–water partition coefficient (Wildman–Crippen LogP) is 2.81. The van der Waals surface area contributed by atoms with Gasteiger partial charge in [-0.05, 0) is 29.3 Å². The second kappa shape index (κ2) is 5.43. The van der Waals surface area contributed by atoms with Crippen LogP contribution < -0.4 is 5.32 Å². The van der Waals surface area contributed by atoms with Crippen molar-refractivity contribution in [3.05, 3.63) is 65.6 Å². The van der Waals surface area contributed by atoms with Crippen molar-refractivity contribution in [2.45, 2.75) is 26.6 Å². The number of hydrogen-bond donors (Lipinski definition) is 1. The number of aromatic nitrogens is 2. The van der Waals surface area contributed by atoms with Gasteiger partial charge in [-0.25, -0.2) is 4.98 Å². The summed E-state index contributed by atoms with van der Waals surface area (Å²) in [7, 11) is 0. The van der Waals surface area contributed by atoms with Gasteiger partial charge in [0.2, 0.25) is 5.91 Å². The molecule has 1 N–H and O–H groups in total. The number of pyridine rings is 1. The first kappa shape index (κ1) is 13.8. The zero-order chi connectivity index (χ0) is 15.8. The van der Waals surface area contributed by atoms with E-state index in [4.69, 9.17) is 0 Å². The fraction of sp³-hybridized carbons (Fsp3) is 0.222. The Labute approximate surface area is 134 Å². The van der Waals surface area contributed by atoms with Crippen LogP contribution >= 0.6 is 0 Å². The molecule has 0 fully saturated rings. The fourth-order valence-electron chi connectivity index (χ4n) is 3.07. The monoisotopic (exact) mass is 306 g/mol. The highest BCUT2D eigenvalue weighted by Crippen LogP contribution is 2.26. The lowest BCUT2D eigenvalue weighted by Gasteiger charge is -2.11. The Morgan fingerprint density at radius 1 is 1.22 bits per heavy atom. The van der Waals surface area contributed by atoms with Crippen LogP contribution in [0.1, 0.15) is 23.6 Å². The van der Waals surface area contributed by atoms with Gasteiger partial charge in [0.05, 0.1) is 0 Å². The predicted molar refractivity (Wildman–Crippen MR) is 88.9 cm³/mol. The summed E-state index contributed by atoms with van der Waals surface area (Å²) < 4.78 is 2.02. The lowest BCUT2D eigenvalue weighted by Crippen LogP contribution is -2.21. The van der Waals surface area contributed by atoms with E-state index in [0.717, 1.165) is 30.0 Å². The van der Waals surface area contributed by atoms with Gasteiger partial charge in [-0.1, -0.05) is 12.1 Å². The summed E-state index contributed by atoms with van der Waals surface area (Å²) in [4.78, 5) is 17.8. The van der Waals surface area contributed by atoms with Crippen LogP contribution in [0.5, 0.6) is 0 Å². The van der Waals surface area contributed by atoms with E-state index in [1.165, 1.54) is 11.1 Å². The number of hydrogen-bond acceptors (Lipinski definition) is 3. The average Bonchev–Trinajstić information content (AvgIpc) is 3.18. The minimum absolute atomic E-state index is 0.127. The fourth-order valence-corrected chi connectivity index (χ4v) is 3.07. The van der Waals surface area contributed by atoms with E-state index >= 15 is 0 Å². The summed E-state index contributed by atoms with van der Waals surface area (Å²) in [6.45, 7) is 3.77. The van der Waals surface area contributed by atoms with Gasteiger partial charge in [0.15, 0.2) is 0 Å². The van der Waals surface area contributed by atoms with E-state index in [1.807, 2.05) is 34.0 Å². The maximum absolute atomic E-state index is 11.5. The summed E-state index contributed by atoms with van der Waals surface area (Å²) in [6, 6.07) is 10.4. The molecule has 0 saturated heterocycles. The Bertz CT molecular complexity index is 884. The minimum Gasteiger partial charge on any atom is -0.381 e. The third kappa shape index (κ3) is 2.54. The van der Waals surface area contributed by atoms with Crippen molar-refractivity contribution in [2.24, 2.45) is 0 Å². The van der Waals surface area contributed by atoms with Gasteiger partial charge in [-0.3, -0.25) is 4.79 Å². The van der Waals surface area contributed by atoms with E-state index in [9.17, 15) is 4.79 Å². The van der Waals surface area contributed by atoms with Gasteiger partial charge in [0, 0.05) is 56.4 Å². The van der Waals surface area contributed by atoms with Crippen LogP contribution in [0.2, 0.25) is 0 Å². The zero-order valence-electron chi connectivity index (χ0n) is 13.0. The van der Waals surface area contributed by atoms with Crippen LogP contribution in [0.25, 0.3) is 5.65 Å². The number of nitrogens with one attached hydrogen (secondary N) is 1. The maximum Gasteiger partial charge on any atom is 0.220 e. The molecule has 116 valence electrons. The molecule has 3 heterocycles. The summed E-state index contributed by atoms with van der Waals surface area (Å²) in [5, 5.41) is 3.46. The summed E-state index contributed by atoms with van der Waals surface area (Å²) in [5.74, 6) is 0.127. The third-order valence-electron chi connectivity index (χ3n) is 4.36. The van der Waals surface area contributed by atoms with Gasteiger partial charge in [-0.15, -0.1) is 0 Å². The van der Waals surface area contributed by atoms with Crippen molar-refractivity contribution in [1.82, 2.24) is 14.3 Å². The van der Waals surface area contributed by atoms with Crippen LogP contribution in [0, 0.1) is 0 Å². The van der Waals surface area contributed by atoms with E-state index in [-0.39, 0.29) is 5.91 Å². The number of nitrogens with zero attached hydrogens (tertiary/aromatic N) is 3. The Morgan fingerprint density at radius 3 is 2.96 bits per heavy atom. The molecule has 3 aromatic rings. The van der Waals surface area contributed by atoms with E-state index in [0.29, 0.717) is 6.54 Å². The number of amides is 1. The average molecular weight is 306 g/mol. The highest BCUT2D eigenvalue weighted by Gasteiger charge is 2.20. The molecule has 5 nitrogen and oxygen atoms in total. The SMILES string of the molecule is CC(=O)N1Cc2ccc(NCc3cccn4ccnc34)cc2C1. The molecule has 1 aliphatic heterocycles. The number of fused-ring (bicyclic) bond motifs is 2. The Kier molecular flexibility index (Phi) is 3.26. The molecular weight excluding hydrogens is 288 g/mol. The number of rotatable bonds is 3. The van der Waals surface area contributed by atoms with E-state index in [2.05, 4.69) is 34.6 Å². The van der Waals surface area contributed by atoms with Crippen molar-refractivity contribution >= 4 is 17.2 Å². The molecular formula is C18H18N4O. The van der Waals surface area contributed by atoms with Crippen molar-refractivity contribution < 1.29 is 4.79 Å². The second-order valence-electron chi connectivity index (χ2n) is 5.90. The second-order valence-corrected chi connectivity index (χ2v) is 5.90. The molecule has 1 amide bonds. The minimum atomic E-state index is 0.127. The van der Waals surface area contributed by atoms with Gasteiger partial charge in [0.25, 0.3) is 0 Å². The van der Waals surface area contributed by atoms with Crippen LogP contribution in [0.15, 0.2) is 48.9 Å². The largest absolute Gasteiger partial charge is 0.381 e. The standard InChI is InChI=1S/C18H18N4O/c1-13(23)22-11-15-4-5-17(9-16(15)12-22)20-10-14-3-2-7-21-8-6-19-18(14)21/h2-9,20H,10-12H2,1H3. The molecule has 23 heavy (non-hydrogen) atoms. The molecule has 0 bridgehead atoms. The van der Waals surface area contributed by atoms with Crippen LogP contribution in [-0.4, -0.2) is 20.2 Å². The molecule has 5 heteroatoms. The zero-order valence-corrected chi connectivity index (χ0v) is 13.0. The van der Waals surface area contributed by atoms with Crippen molar-refractivity contribution in [3.63, 3.8) is 0 Å². The molecule has 0 unspecified atom stereocenters. The highest BCUT2D eigenvalue weighted by atomic mass is 16.2. The normalized spacial score (nSPS) is 13.3. The number of imidazole rings is 1. The van der Waals surface area contributed by atoms with Gasteiger partial charge < -0.3 is 14.6 Å². The Morgan fingerprint density at radius 2 is 2.09 bits per heavy atom. The first-order chi connectivity index (χ1) is 11.2. The van der Waals surface area contributed by atoms with Gasteiger partial charge >= 0.3 is 0 Å². The molecule has 0 atom stereocenters. The first-order valence-corrected chi connectivity index (χ1v) is 7.72. The van der Waals surface area contributed by atoms with Gasteiger partial charge in [0.1, 0.15) is 5.65 Å². The number of benzene rings is 1. The summed E-state index contributed by atoms with van der Waals surface area (Å²) >= 11 is 0. The lowest BCUT2D eigenvalue weighted by atomic mass is 10.1.